The first-order chi connectivity index (χ1) is 7.92. The number of methoxy groups -OCH3 is 1. The molecule has 1 aromatic heterocycles. The smallest absolute Gasteiger partial charge is 0.390 e. The van der Waals surface area contributed by atoms with Crippen molar-refractivity contribution in [2.24, 2.45) is 0 Å². The molecule has 0 radical (unpaired) electrons. The van der Waals surface area contributed by atoms with Crippen molar-refractivity contribution in [3.63, 3.8) is 0 Å². The highest BCUT2D eigenvalue weighted by Gasteiger charge is 2.25. The molecule has 0 unspecified atom stereocenters. The molecule has 4 nitrogen and oxygen atoms in total. The summed E-state index contributed by atoms with van der Waals surface area (Å²) in [6, 6.07) is 3.14. The number of carbonyl (C=O) groups is 1. The fourth-order valence-corrected chi connectivity index (χ4v) is 1.23. The number of rotatable bonds is 5. The van der Waals surface area contributed by atoms with Crippen molar-refractivity contribution >= 4 is 5.97 Å². The van der Waals surface area contributed by atoms with Gasteiger partial charge < -0.3 is 15.0 Å². The molecular weight excluding hydrogens is 237 g/mol. The first-order valence-corrected chi connectivity index (χ1v) is 4.96. The van der Waals surface area contributed by atoms with E-state index in [9.17, 15) is 18.0 Å². The fourth-order valence-electron chi connectivity index (χ4n) is 1.23. The van der Waals surface area contributed by atoms with Crippen LogP contribution in [0.3, 0.4) is 0 Å². The lowest BCUT2D eigenvalue weighted by Crippen LogP contribution is -2.21. The Hall–Kier alpha value is -1.50. The summed E-state index contributed by atoms with van der Waals surface area (Å²) in [4.78, 5) is 13.8. The minimum absolute atomic E-state index is 0.157. The van der Waals surface area contributed by atoms with Gasteiger partial charge in [0.1, 0.15) is 5.69 Å². The van der Waals surface area contributed by atoms with E-state index in [1.165, 1.54) is 13.2 Å². The molecule has 96 valence electrons. The van der Waals surface area contributed by atoms with E-state index < -0.39 is 18.6 Å². The third kappa shape index (κ3) is 4.90. The molecule has 17 heavy (non-hydrogen) atoms. The van der Waals surface area contributed by atoms with Crippen molar-refractivity contribution in [2.75, 3.05) is 13.7 Å². The maximum atomic E-state index is 11.8. The Morgan fingerprint density at radius 3 is 2.76 bits per heavy atom. The van der Waals surface area contributed by atoms with Gasteiger partial charge in [-0.25, -0.2) is 4.79 Å². The molecule has 1 rings (SSSR count). The van der Waals surface area contributed by atoms with Crippen LogP contribution in [0.15, 0.2) is 12.1 Å². The second-order valence-corrected chi connectivity index (χ2v) is 3.43. The Balaban J connectivity index is 2.33. The lowest BCUT2D eigenvalue weighted by molar-refractivity contribution is -0.133. The van der Waals surface area contributed by atoms with E-state index in [-0.39, 0.29) is 18.8 Å². The SMILES string of the molecule is COC(=O)c1ccc(CNCCC(F)(F)F)[nH]1. The summed E-state index contributed by atoms with van der Waals surface area (Å²) in [6.45, 7) is 0.0865. The van der Waals surface area contributed by atoms with Crippen LogP contribution in [0.4, 0.5) is 13.2 Å². The number of H-pyrrole nitrogens is 1. The molecule has 0 fully saturated rings. The summed E-state index contributed by atoms with van der Waals surface area (Å²) in [5.41, 5.74) is 0.910. The lowest BCUT2D eigenvalue weighted by atomic mass is 10.4. The molecule has 0 saturated heterocycles. The van der Waals surface area contributed by atoms with Gasteiger partial charge in [-0.1, -0.05) is 0 Å². The van der Waals surface area contributed by atoms with Crippen molar-refractivity contribution < 1.29 is 22.7 Å². The molecule has 0 amide bonds. The Bertz CT molecular complexity index is 374. The van der Waals surface area contributed by atoms with E-state index in [2.05, 4.69) is 15.0 Å². The minimum atomic E-state index is -4.15. The number of carbonyl (C=O) groups excluding carboxylic acids is 1. The zero-order chi connectivity index (χ0) is 12.9. The number of aromatic nitrogens is 1. The average molecular weight is 250 g/mol. The number of aromatic amines is 1. The summed E-state index contributed by atoms with van der Waals surface area (Å²) in [5, 5.41) is 2.63. The summed E-state index contributed by atoms with van der Waals surface area (Å²) in [7, 11) is 1.25. The highest BCUT2D eigenvalue weighted by atomic mass is 19.4. The summed E-state index contributed by atoms with van der Waals surface area (Å²) in [6.07, 6.45) is -5.03. The van der Waals surface area contributed by atoms with E-state index in [0.717, 1.165) is 0 Å². The van der Waals surface area contributed by atoms with Crippen LogP contribution in [0.2, 0.25) is 0 Å². The summed E-state index contributed by atoms with van der Waals surface area (Å²) in [5.74, 6) is -0.508. The molecule has 0 aliphatic heterocycles. The maximum Gasteiger partial charge on any atom is 0.390 e. The highest BCUT2D eigenvalue weighted by molar-refractivity contribution is 5.87. The van der Waals surface area contributed by atoms with Gasteiger partial charge in [0.25, 0.3) is 0 Å². The number of hydrogen-bond donors (Lipinski definition) is 2. The van der Waals surface area contributed by atoms with Gasteiger partial charge in [-0.15, -0.1) is 0 Å². The second kappa shape index (κ2) is 5.72. The number of esters is 1. The summed E-state index contributed by atoms with van der Waals surface area (Å²) >= 11 is 0. The Kier molecular flexibility index (Phi) is 4.56. The molecule has 1 heterocycles. The minimum Gasteiger partial charge on any atom is -0.464 e. The number of nitrogens with one attached hydrogen (secondary N) is 2. The standard InChI is InChI=1S/C10H13F3N2O2/c1-17-9(16)8-3-2-7(15-8)6-14-5-4-10(11,12)13/h2-3,14-15H,4-6H2,1H3. The zero-order valence-corrected chi connectivity index (χ0v) is 9.23. The van der Waals surface area contributed by atoms with Crippen LogP contribution in [-0.2, 0) is 11.3 Å². The van der Waals surface area contributed by atoms with Crippen LogP contribution in [0, 0.1) is 0 Å². The number of ether oxygens (including phenoxy) is 1. The molecule has 0 aliphatic carbocycles. The van der Waals surface area contributed by atoms with E-state index in [0.29, 0.717) is 5.69 Å². The van der Waals surface area contributed by atoms with E-state index in [1.54, 1.807) is 6.07 Å². The molecule has 1 aromatic rings. The topological polar surface area (TPSA) is 54.1 Å². The average Bonchev–Trinajstić information content (AvgIpc) is 2.70. The molecule has 0 bridgehead atoms. The molecule has 0 spiro atoms. The second-order valence-electron chi connectivity index (χ2n) is 3.43. The van der Waals surface area contributed by atoms with Gasteiger partial charge in [0.2, 0.25) is 0 Å². The van der Waals surface area contributed by atoms with Crippen molar-refractivity contribution in [1.29, 1.82) is 0 Å². The predicted octanol–water partition coefficient (Wildman–Crippen LogP) is 1.84. The number of hydrogen-bond acceptors (Lipinski definition) is 3. The number of halogens is 3. The first-order valence-electron chi connectivity index (χ1n) is 4.96. The van der Waals surface area contributed by atoms with Crippen LogP contribution < -0.4 is 5.32 Å². The Morgan fingerprint density at radius 1 is 1.47 bits per heavy atom. The lowest BCUT2D eigenvalue weighted by Gasteiger charge is -2.06. The van der Waals surface area contributed by atoms with Crippen molar-refractivity contribution in [3.05, 3.63) is 23.5 Å². The molecule has 0 aliphatic rings. The van der Waals surface area contributed by atoms with E-state index in [4.69, 9.17) is 0 Å². The monoisotopic (exact) mass is 250 g/mol. The Labute approximate surface area is 96.2 Å². The molecule has 0 atom stereocenters. The van der Waals surface area contributed by atoms with Gasteiger partial charge in [0.15, 0.2) is 0 Å². The van der Waals surface area contributed by atoms with Gasteiger partial charge in [0, 0.05) is 18.8 Å². The molecule has 2 N–H and O–H groups in total. The molecule has 0 saturated carbocycles. The third-order valence-corrected chi connectivity index (χ3v) is 2.05. The maximum absolute atomic E-state index is 11.8. The molecular formula is C10H13F3N2O2. The van der Waals surface area contributed by atoms with Crippen LogP contribution >= 0.6 is 0 Å². The zero-order valence-electron chi connectivity index (χ0n) is 9.23. The highest BCUT2D eigenvalue weighted by Crippen LogP contribution is 2.18. The van der Waals surface area contributed by atoms with E-state index >= 15 is 0 Å². The van der Waals surface area contributed by atoms with E-state index in [1.807, 2.05) is 0 Å². The first kappa shape index (κ1) is 13.6. The van der Waals surface area contributed by atoms with Gasteiger partial charge in [-0.2, -0.15) is 13.2 Å². The van der Waals surface area contributed by atoms with Gasteiger partial charge in [-0.05, 0) is 12.1 Å². The quantitative estimate of drug-likeness (QED) is 0.619. The van der Waals surface area contributed by atoms with Crippen LogP contribution in [0.1, 0.15) is 22.6 Å². The van der Waals surface area contributed by atoms with Crippen LogP contribution in [0.25, 0.3) is 0 Å². The molecule has 0 aromatic carbocycles. The van der Waals surface area contributed by atoms with Crippen LogP contribution in [0.5, 0.6) is 0 Å². The van der Waals surface area contributed by atoms with Crippen molar-refractivity contribution in [3.8, 4) is 0 Å². The van der Waals surface area contributed by atoms with Gasteiger partial charge in [0.05, 0.1) is 13.5 Å². The largest absolute Gasteiger partial charge is 0.464 e. The van der Waals surface area contributed by atoms with Gasteiger partial charge >= 0.3 is 12.1 Å². The van der Waals surface area contributed by atoms with Gasteiger partial charge in [-0.3, -0.25) is 0 Å². The predicted molar refractivity (Wildman–Crippen MR) is 54.5 cm³/mol. The number of alkyl halides is 3. The van der Waals surface area contributed by atoms with Crippen molar-refractivity contribution in [1.82, 2.24) is 10.3 Å². The third-order valence-electron chi connectivity index (χ3n) is 2.05. The normalized spacial score (nSPS) is 11.5. The van der Waals surface area contributed by atoms with Crippen LogP contribution in [-0.4, -0.2) is 30.8 Å². The summed E-state index contributed by atoms with van der Waals surface area (Å²) < 4.78 is 40.0. The Morgan fingerprint density at radius 2 is 2.18 bits per heavy atom. The van der Waals surface area contributed by atoms with Crippen molar-refractivity contribution in [2.45, 2.75) is 19.1 Å². The fraction of sp³-hybridized carbons (Fsp3) is 0.500. The molecule has 7 heteroatoms.